The van der Waals surface area contributed by atoms with Crippen molar-refractivity contribution < 1.29 is 13.2 Å². The number of sulfonamides is 1. The fraction of sp³-hybridized carbons (Fsp3) is 0.588. The zero-order valence-corrected chi connectivity index (χ0v) is 14.6. The first-order valence-electron chi connectivity index (χ1n) is 8.23. The highest BCUT2D eigenvalue weighted by atomic mass is 32.2. The van der Waals surface area contributed by atoms with E-state index in [0.717, 1.165) is 30.6 Å². The van der Waals surface area contributed by atoms with Crippen molar-refractivity contribution in [3.8, 4) is 0 Å². The molecule has 23 heavy (non-hydrogen) atoms. The van der Waals surface area contributed by atoms with Gasteiger partial charge in [-0.2, -0.15) is 0 Å². The first kappa shape index (κ1) is 16.5. The summed E-state index contributed by atoms with van der Waals surface area (Å²) in [4.78, 5) is 14.9. The molecule has 0 atom stereocenters. The predicted molar refractivity (Wildman–Crippen MR) is 91.0 cm³/mol. The van der Waals surface area contributed by atoms with E-state index >= 15 is 0 Å². The second-order valence-electron chi connectivity index (χ2n) is 6.61. The second kappa shape index (κ2) is 6.24. The van der Waals surface area contributed by atoms with Crippen molar-refractivity contribution in [3.05, 3.63) is 29.3 Å². The molecule has 1 amide bonds. The molecule has 2 aliphatic rings. The van der Waals surface area contributed by atoms with Gasteiger partial charge in [-0.25, -0.2) is 12.7 Å². The third kappa shape index (κ3) is 3.28. The second-order valence-corrected chi connectivity index (χ2v) is 8.59. The number of hydrogen-bond donors (Lipinski definition) is 0. The third-order valence-corrected chi connectivity index (χ3v) is 6.26. The highest BCUT2D eigenvalue weighted by molar-refractivity contribution is 7.88. The van der Waals surface area contributed by atoms with Crippen LogP contribution in [0, 0.1) is 12.8 Å². The third-order valence-electron chi connectivity index (χ3n) is 4.96. The molecule has 2 heterocycles. The number of fused-ring (bicyclic) bond motifs is 1. The van der Waals surface area contributed by atoms with E-state index in [9.17, 15) is 13.2 Å². The molecule has 0 spiro atoms. The molecule has 126 valence electrons. The molecule has 5 nitrogen and oxygen atoms in total. The summed E-state index contributed by atoms with van der Waals surface area (Å²) in [6.45, 7) is 3.72. The molecule has 0 aliphatic carbocycles. The van der Waals surface area contributed by atoms with Gasteiger partial charge < -0.3 is 4.90 Å². The summed E-state index contributed by atoms with van der Waals surface area (Å²) in [6, 6.07) is 6.21. The summed E-state index contributed by atoms with van der Waals surface area (Å²) in [7, 11) is -3.15. The molecule has 6 heteroatoms. The maximum absolute atomic E-state index is 13.0. The number of nitrogens with zero attached hydrogens (tertiary/aromatic N) is 2. The Balaban J connectivity index is 1.76. The average molecular weight is 336 g/mol. The van der Waals surface area contributed by atoms with E-state index in [2.05, 4.69) is 19.1 Å². The van der Waals surface area contributed by atoms with Gasteiger partial charge in [-0.15, -0.1) is 0 Å². The Hall–Kier alpha value is -1.40. The van der Waals surface area contributed by atoms with E-state index in [1.807, 2.05) is 11.0 Å². The standard InChI is InChI=1S/C17H24N2O3S/c1-13-5-3-6-14-7-4-10-19(16(13)14)17(20)15-8-11-18(12-9-15)23(2,21)22/h3,5-6,15H,4,7-12H2,1-2H3. The first-order valence-corrected chi connectivity index (χ1v) is 10.1. The van der Waals surface area contributed by atoms with Crippen molar-refractivity contribution in [2.45, 2.75) is 32.6 Å². The molecule has 1 fully saturated rings. The zero-order chi connectivity index (χ0) is 16.6. The van der Waals surface area contributed by atoms with Crippen molar-refractivity contribution in [1.82, 2.24) is 4.31 Å². The normalized spacial score (nSPS) is 20.3. The first-order chi connectivity index (χ1) is 10.9. The van der Waals surface area contributed by atoms with Crippen molar-refractivity contribution in [2.75, 3.05) is 30.8 Å². The summed E-state index contributed by atoms with van der Waals surface area (Å²) in [5.74, 6) is 0.0898. The van der Waals surface area contributed by atoms with Crippen LogP contribution < -0.4 is 4.90 Å². The smallest absolute Gasteiger partial charge is 0.230 e. The topological polar surface area (TPSA) is 57.7 Å². The number of rotatable bonds is 2. The zero-order valence-electron chi connectivity index (χ0n) is 13.8. The largest absolute Gasteiger partial charge is 0.312 e. The van der Waals surface area contributed by atoms with Crippen LogP contribution in [0.5, 0.6) is 0 Å². The van der Waals surface area contributed by atoms with Gasteiger partial charge in [-0.3, -0.25) is 4.79 Å². The van der Waals surface area contributed by atoms with Crippen molar-refractivity contribution in [1.29, 1.82) is 0 Å². The number of anilines is 1. The van der Waals surface area contributed by atoms with Crippen molar-refractivity contribution in [2.24, 2.45) is 5.92 Å². The van der Waals surface area contributed by atoms with Crippen molar-refractivity contribution >= 4 is 21.6 Å². The Morgan fingerprint density at radius 2 is 1.87 bits per heavy atom. The number of benzene rings is 1. The highest BCUT2D eigenvalue weighted by Crippen LogP contribution is 2.33. The number of piperidine rings is 1. The van der Waals surface area contributed by atoms with E-state index in [-0.39, 0.29) is 11.8 Å². The number of hydrogen-bond acceptors (Lipinski definition) is 3. The number of amides is 1. The fourth-order valence-electron chi connectivity index (χ4n) is 3.72. The predicted octanol–water partition coefficient (Wildman–Crippen LogP) is 1.95. The summed E-state index contributed by atoms with van der Waals surface area (Å²) >= 11 is 0. The van der Waals surface area contributed by atoms with Crippen LogP contribution in [-0.2, 0) is 21.2 Å². The lowest BCUT2D eigenvalue weighted by atomic mass is 9.93. The summed E-state index contributed by atoms with van der Waals surface area (Å²) in [5.41, 5.74) is 3.47. The van der Waals surface area contributed by atoms with Crippen LogP contribution in [0.1, 0.15) is 30.4 Å². The monoisotopic (exact) mass is 336 g/mol. The van der Waals surface area contributed by atoms with Crippen LogP contribution in [0.4, 0.5) is 5.69 Å². The van der Waals surface area contributed by atoms with Gasteiger partial charge in [0.15, 0.2) is 0 Å². The molecule has 0 N–H and O–H groups in total. The molecular weight excluding hydrogens is 312 g/mol. The molecule has 1 aromatic carbocycles. The van der Waals surface area contributed by atoms with Gasteiger partial charge in [0.05, 0.1) is 6.26 Å². The van der Waals surface area contributed by atoms with E-state index in [0.29, 0.717) is 25.9 Å². The van der Waals surface area contributed by atoms with Gasteiger partial charge in [-0.1, -0.05) is 18.2 Å². The number of carbonyl (C=O) groups excluding carboxylic acids is 1. The van der Waals surface area contributed by atoms with Gasteiger partial charge in [0.1, 0.15) is 0 Å². The molecule has 0 saturated carbocycles. The average Bonchev–Trinajstić information content (AvgIpc) is 2.53. The molecule has 2 aliphatic heterocycles. The van der Waals surface area contributed by atoms with Crippen LogP contribution in [0.25, 0.3) is 0 Å². The van der Waals surface area contributed by atoms with Gasteiger partial charge in [-0.05, 0) is 43.7 Å². The SMILES string of the molecule is Cc1cccc2c1N(C(=O)C1CCN(S(C)(=O)=O)CC1)CCC2. The summed E-state index contributed by atoms with van der Waals surface area (Å²) in [5, 5.41) is 0. The van der Waals surface area contributed by atoms with Crippen LogP contribution in [0.15, 0.2) is 18.2 Å². The molecule has 3 rings (SSSR count). The number of carbonyl (C=O) groups is 1. The lowest BCUT2D eigenvalue weighted by molar-refractivity contribution is -0.123. The van der Waals surface area contributed by atoms with E-state index in [4.69, 9.17) is 0 Å². The van der Waals surface area contributed by atoms with E-state index in [1.54, 1.807) is 0 Å². The molecule has 0 bridgehead atoms. The van der Waals surface area contributed by atoms with Gasteiger partial charge in [0.2, 0.25) is 15.9 Å². The van der Waals surface area contributed by atoms with Gasteiger partial charge >= 0.3 is 0 Å². The van der Waals surface area contributed by atoms with E-state index in [1.165, 1.54) is 16.1 Å². The Bertz CT molecular complexity index is 707. The Labute approximate surface area is 138 Å². The van der Waals surface area contributed by atoms with Crippen LogP contribution in [0.3, 0.4) is 0 Å². The maximum Gasteiger partial charge on any atom is 0.230 e. The Morgan fingerprint density at radius 1 is 1.17 bits per heavy atom. The minimum Gasteiger partial charge on any atom is -0.312 e. The quantitative estimate of drug-likeness (QED) is 0.829. The number of aryl methyl sites for hydroxylation is 2. The molecule has 1 saturated heterocycles. The molecule has 1 aromatic rings. The minimum atomic E-state index is -3.15. The summed E-state index contributed by atoms with van der Waals surface area (Å²) < 4.78 is 24.7. The fourth-order valence-corrected chi connectivity index (χ4v) is 4.60. The molecular formula is C17H24N2O3S. The lowest BCUT2D eigenvalue weighted by Gasteiger charge is -2.36. The van der Waals surface area contributed by atoms with Gasteiger partial charge in [0.25, 0.3) is 0 Å². The Morgan fingerprint density at radius 3 is 2.52 bits per heavy atom. The molecule has 0 radical (unpaired) electrons. The van der Waals surface area contributed by atoms with E-state index < -0.39 is 10.0 Å². The maximum atomic E-state index is 13.0. The van der Waals surface area contributed by atoms with Crippen LogP contribution >= 0.6 is 0 Å². The summed E-state index contributed by atoms with van der Waals surface area (Å²) in [6.07, 6.45) is 4.48. The van der Waals surface area contributed by atoms with Crippen LogP contribution in [-0.4, -0.2) is 44.5 Å². The molecule has 0 unspecified atom stereocenters. The van der Waals surface area contributed by atoms with Crippen LogP contribution in [0.2, 0.25) is 0 Å². The number of para-hydroxylation sites is 1. The minimum absolute atomic E-state index is 0.0708. The lowest BCUT2D eigenvalue weighted by Crippen LogP contribution is -2.45. The van der Waals surface area contributed by atoms with Crippen molar-refractivity contribution in [3.63, 3.8) is 0 Å². The highest BCUT2D eigenvalue weighted by Gasteiger charge is 2.33. The Kier molecular flexibility index (Phi) is 4.47. The molecule has 0 aromatic heterocycles. The van der Waals surface area contributed by atoms with Gasteiger partial charge in [0, 0.05) is 31.2 Å².